The number of fused-ring (bicyclic) bond motifs is 2. The van der Waals surface area contributed by atoms with Crippen LogP contribution in [0.25, 0.3) is 0 Å². The molecule has 0 heterocycles. The van der Waals surface area contributed by atoms with Crippen LogP contribution in [0.1, 0.15) is 50.2 Å². The van der Waals surface area contributed by atoms with Crippen LogP contribution in [0.5, 0.6) is 0 Å². The number of halogens is 1. The van der Waals surface area contributed by atoms with Gasteiger partial charge < -0.3 is 14.8 Å². The molecule has 0 saturated heterocycles. The molecule has 164 valence electrons. The van der Waals surface area contributed by atoms with Gasteiger partial charge in [0.05, 0.1) is 7.11 Å². The van der Waals surface area contributed by atoms with E-state index >= 15 is 0 Å². The highest BCUT2D eigenvalue weighted by molar-refractivity contribution is 6.30. The van der Waals surface area contributed by atoms with E-state index < -0.39 is 5.54 Å². The molecule has 2 aliphatic carbocycles. The number of rotatable bonds is 6. The number of anilines is 1. The molecule has 2 aliphatic rings. The molecule has 0 aliphatic heterocycles. The lowest BCUT2D eigenvalue weighted by atomic mass is 9.59. The third-order valence-corrected chi connectivity index (χ3v) is 7.71. The zero-order valence-electron chi connectivity index (χ0n) is 18.2. The van der Waals surface area contributed by atoms with Crippen LogP contribution in [0.3, 0.4) is 0 Å². The number of methoxy groups -OCH3 is 1. The number of nitrogens with one attached hydrogen (secondary N) is 1. The summed E-state index contributed by atoms with van der Waals surface area (Å²) in [6, 6.07) is 16.1. The van der Waals surface area contributed by atoms with Crippen molar-refractivity contribution in [3.05, 3.63) is 64.7 Å². The van der Waals surface area contributed by atoms with E-state index in [-0.39, 0.29) is 17.3 Å². The van der Waals surface area contributed by atoms with Crippen molar-refractivity contribution in [2.24, 2.45) is 11.8 Å². The molecule has 1 saturated carbocycles. The Hall–Kier alpha value is -2.33. The van der Waals surface area contributed by atoms with Gasteiger partial charge in [-0.2, -0.15) is 0 Å². The third-order valence-electron chi connectivity index (χ3n) is 7.47. The van der Waals surface area contributed by atoms with Crippen molar-refractivity contribution in [1.29, 1.82) is 0 Å². The molecule has 1 spiro atoms. The van der Waals surface area contributed by atoms with Gasteiger partial charge in [0.2, 0.25) is 0 Å². The Kier molecular flexibility index (Phi) is 6.11. The Balaban J connectivity index is 1.65. The molecule has 5 heteroatoms. The monoisotopic (exact) mass is 439 g/mol. The van der Waals surface area contributed by atoms with E-state index in [0.29, 0.717) is 23.8 Å². The van der Waals surface area contributed by atoms with Crippen LogP contribution in [0.2, 0.25) is 5.02 Å². The van der Waals surface area contributed by atoms with E-state index in [4.69, 9.17) is 16.3 Å². The highest BCUT2D eigenvalue weighted by Gasteiger charge is 2.54. The van der Waals surface area contributed by atoms with Crippen LogP contribution in [0.4, 0.5) is 5.69 Å². The standard InChI is InChI=1S/C26H30ClNO3/c1-18(17-29)14-20-15-19-6-3-4-9-23(19)25(20)10-12-26(13-11-25,24(30)31-2)28-22-8-5-7-21(27)16-22/h3-9,16-18,20,28H,10-15H2,1-2H3/t18-,20?,25?,26?/m1/s1. The van der Waals surface area contributed by atoms with Crippen molar-refractivity contribution in [2.45, 2.75) is 56.4 Å². The Labute approximate surface area is 189 Å². The zero-order valence-corrected chi connectivity index (χ0v) is 19.0. The summed E-state index contributed by atoms with van der Waals surface area (Å²) < 4.78 is 5.24. The number of ether oxygens (including phenoxy) is 1. The minimum absolute atomic E-state index is 0.00139. The van der Waals surface area contributed by atoms with E-state index in [1.54, 1.807) is 0 Å². The molecular weight excluding hydrogens is 410 g/mol. The predicted molar refractivity (Wildman–Crippen MR) is 123 cm³/mol. The highest BCUT2D eigenvalue weighted by atomic mass is 35.5. The van der Waals surface area contributed by atoms with E-state index in [2.05, 4.69) is 29.6 Å². The first kappa shape index (κ1) is 21.9. The van der Waals surface area contributed by atoms with Crippen LogP contribution in [0, 0.1) is 11.8 Å². The number of carbonyl (C=O) groups is 2. The smallest absolute Gasteiger partial charge is 0.331 e. The van der Waals surface area contributed by atoms with Gasteiger partial charge in [0.15, 0.2) is 0 Å². The van der Waals surface area contributed by atoms with E-state index in [1.165, 1.54) is 18.2 Å². The first-order valence-corrected chi connectivity index (χ1v) is 11.5. The van der Waals surface area contributed by atoms with Gasteiger partial charge >= 0.3 is 5.97 Å². The lowest BCUT2D eigenvalue weighted by Crippen LogP contribution is -2.53. The number of benzene rings is 2. The normalized spacial score (nSPS) is 28.0. The summed E-state index contributed by atoms with van der Waals surface area (Å²) in [5.74, 6) is 0.214. The van der Waals surface area contributed by atoms with Crippen LogP contribution in [-0.2, 0) is 26.2 Å². The average molecular weight is 440 g/mol. The Morgan fingerprint density at radius 3 is 2.61 bits per heavy atom. The number of hydrogen-bond acceptors (Lipinski definition) is 4. The zero-order chi connectivity index (χ0) is 22.1. The predicted octanol–water partition coefficient (Wildman–Crippen LogP) is 5.57. The van der Waals surface area contributed by atoms with Gasteiger partial charge in [-0.25, -0.2) is 4.79 Å². The summed E-state index contributed by atoms with van der Waals surface area (Å²) in [6.45, 7) is 2.01. The van der Waals surface area contributed by atoms with Gasteiger partial charge in [-0.3, -0.25) is 0 Å². The second kappa shape index (κ2) is 8.66. The van der Waals surface area contributed by atoms with Crippen molar-refractivity contribution in [3.63, 3.8) is 0 Å². The molecule has 0 amide bonds. The fraction of sp³-hybridized carbons (Fsp3) is 0.462. The van der Waals surface area contributed by atoms with Crippen LogP contribution in [-0.4, -0.2) is 24.9 Å². The molecule has 4 nitrogen and oxygen atoms in total. The van der Waals surface area contributed by atoms with Crippen molar-refractivity contribution < 1.29 is 14.3 Å². The molecule has 1 unspecified atom stereocenters. The molecule has 31 heavy (non-hydrogen) atoms. The fourth-order valence-electron chi connectivity index (χ4n) is 5.90. The molecule has 0 radical (unpaired) electrons. The maximum atomic E-state index is 13.0. The Morgan fingerprint density at radius 1 is 1.19 bits per heavy atom. The number of carbonyl (C=O) groups excluding carboxylic acids is 2. The minimum atomic E-state index is -0.775. The van der Waals surface area contributed by atoms with Gasteiger partial charge in [0.1, 0.15) is 11.8 Å². The van der Waals surface area contributed by atoms with Gasteiger partial charge in [0.25, 0.3) is 0 Å². The lowest BCUT2D eigenvalue weighted by molar-refractivity contribution is -0.148. The van der Waals surface area contributed by atoms with Crippen molar-refractivity contribution in [1.82, 2.24) is 0 Å². The second-order valence-corrected chi connectivity index (χ2v) is 9.71. The molecule has 1 N–H and O–H groups in total. The van der Waals surface area contributed by atoms with E-state index in [0.717, 1.165) is 37.7 Å². The second-order valence-electron chi connectivity index (χ2n) is 9.27. The number of hydrogen-bond donors (Lipinski definition) is 1. The van der Waals surface area contributed by atoms with Crippen molar-refractivity contribution in [3.8, 4) is 0 Å². The molecule has 1 fully saturated rings. The number of esters is 1. The molecule has 0 bridgehead atoms. The first-order chi connectivity index (χ1) is 14.9. The van der Waals surface area contributed by atoms with Gasteiger partial charge in [-0.1, -0.05) is 48.9 Å². The minimum Gasteiger partial charge on any atom is -0.467 e. The van der Waals surface area contributed by atoms with Crippen molar-refractivity contribution >= 4 is 29.5 Å². The van der Waals surface area contributed by atoms with Gasteiger partial charge in [-0.05, 0) is 79.2 Å². The summed E-state index contributed by atoms with van der Waals surface area (Å²) >= 11 is 6.17. The SMILES string of the molecule is COC(=O)C1(Nc2cccc(Cl)c2)CCC2(CC1)c1ccccc1CC2C[C@@H](C)C=O. The molecular formula is C26H30ClNO3. The molecule has 2 atom stereocenters. The van der Waals surface area contributed by atoms with Crippen molar-refractivity contribution in [2.75, 3.05) is 12.4 Å². The largest absolute Gasteiger partial charge is 0.467 e. The van der Waals surface area contributed by atoms with Crippen LogP contribution < -0.4 is 5.32 Å². The summed E-state index contributed by atoms with van der Waals surface area (Å²) in [4.78, 5) is 24.4. The highest BCUT2D eigenvalue weighted by Crippen LogP contribution is 2.56. The quantitative estimate of drug-likeness (QED) is 0.472. The van der Waals surface area contributed by atoms with Crippen LogP contribution in [0.15, 0.2) is 48.5 Å². The summed E-state index contributed by atoms with van der Waals surface area (Å²) in [6.07, 6.45) is 6.05. The molecule has 4 rings (SSSR count). The Morgan fingerprint density at radius 2 is 1.94 bits per heavy atom. The maximum absolute atomic E-state index is 13.0. The fourth-order valence-corrected chi connectivity index (χ4v) is 6.09. The Bertz CT molecular complexity index is 965. The molecule has 0 aromatic heterocycles. The van der Waals surface area contributed by atoms with Gasteiger partial charge in [-0.15, -0.1) is 0 Å². The molecule has 2 aromatic carbocycles. The van der Waals surface area contributed by atoms with Crippen LogP contribution >= 0.6 is 11.6 Å². The summed E-state index contributed by atoms with van der Waals surface area (Å²) in [7, 11) is 1.45. The van der Waals surface area contributed by atoms with Gasteiger partial charge in [0, 0.05) is 16.6 Å². The average Bonchev–Trinajstić information content (AvgIpc) is 3.07. The maximum Gasteiger partial charge on any atom is 0.331 e. The number of aldehydes is 1. The summed E-state index contributed by atoms with van der Waals surface area (Å²) in [5.41, 5.74) is 2.84. The lowest BCUT2D eigenvalue weighted by Gasteiger charge is -2.47. The van der Waals surface area contributed by atoms with E-state index in [1.807, 2.05) is 31.2 Å². The topological polar surface area (TPSA) is 55.4 Å². The molecule has 2 aromatic rings. The third kappa shape index (κ3) is 3.98. The first-order valence-electron chi connectivity index (χ1n) is 11.1. The van der Waals surface area contributed by atoms with E-state index in [9.17, 15) is 9.59 Å². The summed E-state index contributed by atoms with van der Waals surface area (Å²) in [5, 5.41) is 4.10.